The molecular formula is C21H26FN5O3. The van der Waals surface area contributed by atoms with Crippen LogP contribution in [0.15, 0.2) is 28.8 Å². The van der Waals surface area contributed by atoms with Crippen LogP contribution in [0.25, 0.3) is 0 Å². The Balaban J connectivity index is 1.26. The van der Waals surface area contributed by atoms with Gasteiger partial charge in [0.1, 0.15) is 5.82 Å². The summed E-state index contributed by atoms with van der Waals surface area (Å²) in [6.07, 6.45) is 5.86. The zero-order chi connectivity index (χ0) is 20.9. The normalized spacial score (nSPS) is 19.8. The third-order valence-corrected chi connectivity index (χ3v) is 5.69. The van der Waals surface area contributed by atoms with E-state index in [1.807, 2.05) is 0 Å². The SMILES string of the molecule is O=C(NCc1nc([C@H]2CC(=O)N(Cc3ccc(F)cc3)C2)no1)NC1CCCCC1. The van der Waals surface area contributed by atoms with Gasteiger partial charge in [0.15, 0.2) is 5.82 Å². The number of carbonyl (C=O) groups excluding carboxylic acids is 2. The number of likely N-dealkylation sites (tertiary alicyclic amines) is 1. The molecule has 1 aliphatic carbocycles. The van der Waals surface area contributed by atoms with Crippen molar-refractivity contribution in [2.24, 2.45) is 0 Å². The number of benzene rings is 1. The van der Waals surface area contributed by atoms with Crippen LogP contribution in [-0.2, 0) is 17.9 Å². The van der Waals surface area contributed by atoms with Crippen LogP contribution >= 0.6 is 0 Å². The monoisotopic (exact) mass is 415 g/mol. The number of halogens is 1. The van der Waals surface area contributed by atoms with Gasteiger partial charge in [0, 0.05) is 31.5 Å². The lowest BCUT2D eigenvalue weighted by molar-refractivity contribution is -0.128. The summed E-state index contributed by atoms with van der Waals surface area (Å²) >= 11 is 0. The van der Waals surface area contributed by atoms with Crippen molar-refractivity contribution in [3.8, 4) is 0 Å². The molecule has 160 valence electrons. The van der Waals surface area contributed by atoms with E-state index in [0.717, 1.165) is 31.2 Å². The number of aromatic nitrogens is 2. The number of hydrogen-bond acceptors (Lipinski definition) is 5. The summed E-state index contributed by atoms with van der Waals surface area (Å²) in [5.41, 5.74) is 0.868. The molecule has 0 radical (unpaired) electrons. The van der Waals surface area contributed by atoms with E-state index in [0.29, 0.717) is 31.2 Å². The summed E-state index contributed by atoms with van der Waals surface area (Å²) < 4.78 is 18.3. The first-order valence-corrected chi connectivity index (χ1v) is 10.5. The summed E-state index contributed by atoms with van der Waals surface area (Å²) in [5, 5.41) is 9.72. The first-order chi connectivity index (χ1) is 14.6. The van der Waals surface area contributed by atoms with Gasteiger partial charge in [0.25, 0.3) is 0 Å². The van der Waals surface area contributed by atoms with Crippen molar-refractivity contribution in [1.29, 1.82) is 0 Å². The van der Waals surface area contributed by atoms with Crippen molar-refractivity contribution in [2.45, 2.75) is 63.6 Å². The Kier molecular flexibility index (Phi) is 6.25. The third-order valence-electron chi connectivity index (χ3n) is 5.69. The predicted octanol–water partition coefficient (Wildman–Crippen LogP) is 2.86. The van der Waals surface area contributed by atoms with Crippen molar-refractivity contribution in [3.63, 3.8) is 0 Å². The molecule has 0 spiro atoms. The van der Waals surface area contributed by atoms with Gasteiger partial charge < -0.3 is 20.1 Å². The topological polar surface area (TPSA) is 100 Å². The van der Waals surface area contributed by atoms with E-state index >= 15 is 0 Å². The lowest BCUT2D eigenvalue weighted by Gasteiger charge is -2.22. The van der Waals surface area contributed by atoms with E-state index < -0.39 is 0 Å². The van der Waals surface area contributed by atoms with Gasteiger partial charge in [-0.25, -0.2) is 9.18 Å². The number of rotatable bonds is 6. The Labute approximate surface area is 174 Å². The predicted molar refractivity (Wildman–Crippen MR) is 106 cm³/mol. The maximum Gasteiger partial charge on any atom is 0.315 e. The first-order valence-electron chi connectivity index (χ1n) is 10.5. The summed E-state index contributed by atoms with van der Waals surface area (Å²) in [5.74, 6) is 0.319. The number of nitrogens with one attached hydrogen (secondary N) is 2. The summed E-state index contributed by atoms with van der Waals surface area (Å²) in [7, 11) is 0. The second-order valence-electron chi connectivity index (χ2n) is 8.01. The first kappa shape index (κ1) is 20.3. The number of urea groups is 1. The minimum absolute atomic E-state index is 0.000611. The average Bonchev–Trinajstić information content (AvgIpc) is 3.36. The van der Waals surface area contributed by atoms with Crippen molar-refractivity contribution in [1.82, 2.24) is 25.7 Å². The molecule has 1 saturated carbocycles. The maximum atomic E-state index is 13.1. The molecule has 1 aromatic heterocycles. The molecule has 0 bridgehead atoms. The molecule has 3 amide bonds. The van der Waals surface area contributed by atoms with Gasteiger partial charge in [-0.1, -0.05) is 36.6 Å². The minimum atomic E-state index is -0.301. The van der Waals surface area contributed by atoms with E-state index in [1.54, 1.807) is 17.0 Å². The highest BCUT2D eigenvalue weighted by Gasteiger charge is 2.33. The van der Waals surface area contributed by atoms with Gasteiger partial charge >= 0.3 is 6.03 Å². The molecule has 2 heterocycles. The van der Waals surface area contributed by atoms with Crippen LogP contribution in [-0.4, -0.2) is 39.6 Å². The molecule has 1 aliphatic heterocycles. The lowest BCUT2D eigenvalue weighted by Crippen LogP contribution is -2.42. The fourth-order valence-corrected chi connectivity index (χ4v) is 4.05. The Bertz CT molecular complexity index is 879. The Morgan fingerprint density at radius 1 is 1.20 bits per heavy atom. The Morgan fingerprint density at radius 3 is 2.73 bits per heavy atom. The molecule has 2 fully saturated rings. The van der Waals surface area contributed by atoms with Crippen LogP contribution in [0, 0.1) is 5.82 Å². The van der Waals surface area contributed by atoms with Crippen LogP contribution < -0.4 is 10.6 Å². The average molecular weight is 415 g/mol. The molecule has 9 heteroatoms. The molecule has 30 heavy (non-hydrogen) atoms. The molecular weight excluding hydrogens is 389 g/mol. The molecule has 2 aromatic rings. The van der Waals surface area contributed by atoms with Crippen molar-refractivity contribution in [3.05, 3.63) is 47.4 Å². The van der Waals surface area contributed by atoms with Gasteiger partial charge in [-0.3, -0.25) is 4.79 Å². The van der Waals surface area contributed by atoms with Gasteiger partial charge in [0.05, 0.1) is 6.54 Å². The zero-order valence-electron chi connectivity index (χ0n) is 16.8. The van der Waals surface area contributed by atoms with Crippen LogP contribution in [0.1, 0.15) is 61.7 Å². The van der Waals surface area contributed by atoms with Crippen LogP contribution in [0.2, 0.25) is 0 Å². The van der Waals surface area contributed by atoms with Gasteiger partial charge in [-0.05, 0) is 30.5 Å². The van der Waals surface area contributed by atoms with Gasteiger partial charge in [-0.2, -0.15) is 4.98 Å². The fourth-order valence-electron chi connectivity index (χ4n) is 4.05. The molecule has 8 nitrogen and oxygen atoms in total. The Hall–Kier alpha value is -2.97. The highest BCUT2D eigenvalue weighted by Crippen LogP contribution is 2.27. The fraction of sp³-hybridized carbons (Fsp3) is 0.524. The molecule has 1 aromatic carbocycles. The zero-order valence-corrected chi connectivity index (χ0v) is 16.8. The largest absolute Gasteiger partial charge is 0.338 e. The number of hydrogen-bond donors (Lipinski definition) is 2. The van der Waals surface area contributed by atoms with Gasteiger partial charge in [-0.15, -0.1) is 0 Å². The van der Waals surface area contributed by atoms with Crippen molar-refractivity contribution in [2.75, 3.05) is 6.54 Å². The lowest BCUT2D eigenvalue weighted by atomic mass is 9.96. The van der Waals surface area contributed by atoms with Crippen LogP contribution in [0.5, 0.6) is 0 Å². The van der Waals surface area contributed by atoms with E-state index in [4.69, 9.17) is 4.52 Å². The third kappa shape index (κ3) is 5.14. The standard InChI is InChI=1S/C21H26FN5O3/c22-16-8-6-14(7-9-16)12-27-13-15(10-19(27)28)20-25-18(30-26-20)11-23-21(29)24-17-4-2-1-3-5-17/h6-9,15,17H,1-5,10-13H2,(H2,23,24,29)/t15-/m0/s1. The molecule has 2 aliphatic rings. The highest BCUT2D eigenvalue weighted by atomic mass is 19.1. The summed E-state index contributed by atoms with van der Waals surface area (Å²) in [4.78, 5) is 30.4. The van der Waals surface area contributed by atoms with E-state index in [-0.39, 0.29) is 36.3 Å². The summed E-state index contributed by atoms with van der Waals surface area (Å²) in [6.45, 7) is 1.04. The number of nitrogens with zero attached hydrogens (tertiary/aromatic N) is 3. The van der Waals surface area contributed by atoms with Crippen LogP contribution in [0.4, 0.5) is 9.18 Å². The molecule has 4 rings (SSSR count). The number of amides is 3. The smallest absolute Gasteiger partial charge is 0.315 e. The highest BCUT2D eigenvalue weighted by molar-refractivity contribution is 5.79. The molecule has 2 N–H and O–H groups in total. The van der Waals surface area contributed by atoms with E-state index in [2.05, 4.69) is 20.8 Å². The second-order valence-corrected chi connectivity index (χ2v) is 8.01. The minimum Gasteiger partial charge on any atom is -0.338 e. The Morgan fingerprint density at radius 2 is 1.97 bits per heavy atom. The molecule has 1 saturated heterocycles. The van der Waals surface area contributed by atoms with Crippen molar-refractivity contribution >= 4 is 11.9 Å². The molecule has 0 unspecified atom stereocenters. The van der Waals surface area contributed by atoms with E-state index in [1.165, 1.54) is 18.6 Å². The maximum absolute atomic E-state index is 13.1. The summed E-state index contributed by atoms with van der Waals surface area (Å²) in [6, 6.07) is 6.11. The van der Waals surface area contributed by atoms with E-state index in [9.17, 15) is 14.0 Å². The quantitative estimate of drug-likeness (QED) is 0.756. The van der Waals surface area contributed by atoms with Crippen LogP contribution in [0.3, 0.4) is 0 Å². The second kappa shape index (κ2) is 9.23. The van der Waals surface area contributed by atoms with Crippen molar-refractivity contribution < 1.29 is 18.5 Å². The molecule has 1 atom stereocenters. The van der Waals surface area contributed by atoms with Gasteiger partial charge in [0.2, 0.25) is 11.8 Å². The number of carbonyl (C=O) groups is 2.